The Morgan fingerprint density at radius 1 is 1.13 bits per heavy atom. The minimum atomic E-state index is 0.0585. The molecule has 0 unspecified atom stereocenters. The van der Waals surface area contributed by atoms with Crippen LogP contribution in [0.1, 0.15) is 38.5 Å². The van der Waals surface area contributed by atoms with Gasteiger partial charge < -0.3 is 19.5 Å². The summed E-state index contributed by atoms with van der Waals surface area (Å²) < 4.78 is 18.9. The van der Waals surface area contributed by atoms with Gasteiger partial charge in [-0.3, -0.25) is 9.36 Å². The lowest BCUT2D eigenvalue weighted by atomic mass is 10.2. The lowest BCUT2D eigenvalue weighted by molar-refractivity contribution is -0.119. The molecule has 9 heteroatoms. The lowest BCUT2D eigenvalue weighted by Crippen LogP contribution is -2.33. The molecule has 2 aliphatic heterocycles. The highest BCUT2D eigenvalue weighted by molar-refractivity contribution is 7.99. The molecule has 1 N–H and O–H groups in total. The first-order valence-corrected chi connectivity index (χ1v) is 11.6. The quantitative estimate of drug-likeness (QED) is 0.676. The average molecular weight is 431 g/mol. The molecule has 1 aliphatic carbocycles. The summed E-state index contributed by atoms with van der Waals surface area (Å²) in [7, 11) is 0. The predicted octanol–water partition coefficient (Wildman–Crippen LogP) is 3.00. The van der Waals surface area contributed by atoms with E-state index < -0.39 is 0 Å². The van der Waals surface area contributed by atoms with Crippen molar-refractivity contribution in [3.05, 3.63) is 18.2 Å². The number of hydrogen-bond donors (Lipinski definition) is 1. The number of fused-ring (bicyclic) bond motifs is 1. The zero-order chi connectivity index (χ0) is 20.3. The molecular formula is C21H26N4O4S. The van der Waals surface area contributed by atoms with Crippen molar-refractivity contribution >= 4 is 17.7 Å². The second-order valence-electron chi connectivity index (χ2n) is 7.96. The van der Waals surface area contributed by atoms with Crippen molar-refractivity contribution in [1.29, 1.82) is 0 Å². The summed E-state index contributed by atoms with van der Waals surface area (Å²) in [6.07, 6.45) is 6.79. The fourth-order valence-electron chi connectivity index (χ4n) is 4.27. The Labute approximate surface area is 179 Å². The molecular weight excluding hydrogens is 404 g/mol. The molecule has 160 valence electrons. The van der Waals surface area contributed by atoms with Gasteiger partial charge in [0.05, 0.1) is 18.4 Å². The second kappa shape index (κ2) is 8.85. The van der Waals surface area contributed by atoms with Crippen molar-refractivity contribution in [3.63, 3.8) is 0 Å². The summed E-state index contributed by atoms with van der Waals surface area (Å²) in [5.41, 5.74) is 0.909. The highest BCUT2D eigenvalue weighted by atomic mass is 32.2. The molecule has 5 rings (SSSR count). The van der Waals surface area contributed by atoms with Crippen LogP contribution in [-0.4, -0.2) is 52.0 Å². The highest BCUT2D eigenvalue weighted by Crippen LogP contribution is 2.36. The molecule has 0 radical (unpaired) electrons. The first-order valence-electron chi connectivity index (χ1n) is 10.6. The fraction of sp³-hybridized carbons (Fsp3) is 0.571. The van der Waals surface area contributed by atoms with Crippen LogP contribution in [-0.2, 0) is 16.1 Å². The van der Waals surface area contributed by atoms with Crippen LogP contribution in [0.5, 0.6) is 11.5 Å². The maximum Gasteiger partial charge on any atom is 0.231 e. The zero-order valence-electron chi connectivity index (χ0n) is 16.8. The van der Waals surface area contributed by atoms with Gasteiger partial charge in [0.1, 0.15) is 0 Å². The fourth-order valence-corrected chi connectivity index (χ4v) is 5.03. The van der Waals surface area contributed by atoms with Crippen LogP contribution < -0.4 is 14.8 Å². The number of carbonyl (C=O) groups is 1. The maximum atomic E-state index is 12.4. The van der Waals surface area contributed by atoms with Crippen LogP contribution in [0.25, 0.3) is 11.4 Å². The molecule has 1 amide bonds. The molecule has 1 atom stereocenters. The van der Waals surface area contributed by atoms with Crippen molar-refractivity contribution < 1.29 is 19.0 Å². The van der Waals surface area contributed by atoms with E-state index in [2.05, 4.69) is 20.1 Å². The molecule has 30 heavy (non-hydrogen) atoms. The zero-order valence-corrected chi connectivity index (χ0v) is 17.7. The first-order chi connectivity index (χ1) is 14.8. The molecule has 3 aliphatic rings. The molecule has 0 bridgehead atoms. The van der Waals surface area contributed by atoms with Gasteiger partial charge in [-0.1, -0.05) is 24.6 Å². The summed E-state index contributed by atoms with van der Waals surface area (Å²) >= 11 is 1.43. The third-order valence-corrected chi connectivity index (χ3v) is 6.78. The van der Waals surface area contributed by atoms with E-state index in [4.69, 9.17) is 14.2 Å². The van der Waals surface area contributed by atoms with Gasteiger partial charge in [-0.25, -0.2) is 0 Å². The monoisotopic (exact) mass is 430 g/mol. The van der Waals surface area contributed by atoms with E-state index in [1.165, 1.54) is 24.6 Å². The Balaban J connectivity index is 1.34. The summed E-state index contributed by atoms with van der Waals surface area (Å²) in [4.78, 5) is 12.4. The van der Waals surface area contributed by atoms with Crippen molar-refractivity contribution in [2.24, 2.45) is 0 Å². The molecule has 1 aromatic heterocycles. The van der Waals surface area contributed by atoms with Crippen molar-refractivity contribution in [3.8, 4) is 22.9 Å². The van der Waals surface area contributed by atoms with Gasteiger partial charge in [0, 0.05) is 18.2 Å². The van der Waals surface area contributed by atoms with Gasteiger partial charge >= 0.3 is 0 Å². The number of nitrogens with one attached hydrogen (secondary N) is 1. The molecule has 2 aromatic rings. The number of rotatable bonds is 7. The highest BCUT2D eigenvalue weighted by Gasteiger charge is 2.24. The lowest BCUT2D eigenvalue weighted by Gasteiger charge is -2.15. The molecule has 2 fully saturated rings. The summed E-state index contributed by atoms with van der Waals surface area (Å²) in [6, 6.07) is 6.11. The Morgan fingerprint density at radius 3 is 2.83 bits per heavy atom. The third kappa shape index (κ3) is 4.27. The molecule has 3 heterocycles. The van der Waals surface area contributed by atoms with Gasteiger partial charge in [0.2, 0.25) is 12.7 Å². The van der Waals surface area contributed by atoms with Gasteiger partial charge in [-0.15, -0.1) is 10.2 Å². The smallest absolute Gasteiger partial charge is 0.231 e. The second-order valence-corrected chi connectivity index (χ2v) is 8.90. The van der Waals surface area contributed by atoms with Crippen LogP contribution in [0.4, 0.5) is 0 Å². The van der Waals surface area contributed by atoms with E-state index in [0.29, 0.717) is 24.1 Å². The van der Waals surface area contributed by atoms with E-state index in [9.17, 15) is 4.79 Å². The Bertz CT molecular complexity index is 906. The standard InChI is InChI=1S/C21H26N4O4S/c26-19(22-15-4-1-2-5-15)12-30-21-24-23-20(25(21)11-16-6-3-9-27-16)14-7-8-17-18(10-14)29-13-28-17/h7-8,10,15-16H,1-6,9,11-13H2,(H,22,26)/t16-/m0/s1. The maximum absolute atomic E-state index is 12.4. The van der Waals surface area contributed by atoms with E-state index in [-0.39, 0.29) is 18.8 Å². The summed E-state index contributed by atoms with van der Waals surface area (Å²) in [5, 5.41) is 12.7. The van der Waals surface area contributed by atoms with E-state index in [1.807, 2.05) is 18.2 Å². The summed E-state index contributed by atoms with van der Waals surface area (Å²) in [5.74, 6) is 2.60. The predicted molar refractivity (Wildman–Crippen MR) is 112 cm³/mol. The van der Waals surface area contributed by atoms with Crippen molar-refractivity contribution in [1.82, 2.24) is 20.1 Å². The van der Waals surface area contributed by atoms with Crippen LogP contribution >= 0.6 is 11.8 Å². The Morgan fingerprint density at radius 2 is 2.00 bits per heavy atom. The topological polar surface area (TPSA) is 87.5 Å². The number of thioether (sulfide) groups is 1. The van der Waals surface area contributed by atoms with Crippen LogP contribution in [0.2, 0.25) is 0 Å². The normalized spacial score (nSPS) is 20.7. The van der Waals surface area contributed by atoms with Crippen LogP contribution in [0, 0.1) is 0 Å². The van der Waals surface area contributed by atoms with Crippen molar-refractivity contribution in [2.75, 3.05) is 19.2 Å². The third-order valence-electron chi connectivity index (χ3n) is 5.81. The molecule has 1 saturated heterocycles. The van der Waals surface area contributed by atoms with Crippen LogP contribution in [0.15, 0.2) is 23.4 Å². The SMILES string of the molecule is O=C(CSc1nnc(-c2ccc3c(c2)OCO3)n1C[C@@H]1CCCO1)NC1CCCC1. The minimum absolute atomic E-state index is 0.0585. The number of aromatic nitrogens is 3. The number of benzene rings is 1. The summed E-state index contributed by atoms with van der Waals surface area (Å²) in [6.45, 7) is 1.69. The van der Waals surface area contributed by atoms with E-state index in [1.54, 1.807) is 0 Å². The number of nitrogens with zero attached hydrogens (tertiary/aromatic N) is 3. The number of amides is 1. The number of hydrogen-bond acceptors (Lipinski definition) is 7. The van der Waals surface area contributed by atoms with Gasteiger partial charge in [0.15, 0.2) is 22.5 Å². The average Bonchev–Trinajstić information content (AvgIpc) is 3.54. The van der Waals surface area contributed by atoms with E-state index >= 15 is 0 Å². The number of ether oxygens (including phenoxy) is 3. The van der Waals surface area contributed by atoms with Crippen molar-refractivity contribution in [2.45, 2.75) is 62.4 Å². The number of carbonyl (C=O) groups excluding carboxylic acids is 1. The van der Waals surface area contributed by atoms with Gasteiger partial charge in [-0.05, 0) is 43.9 Å². The van der Waals surface area contributed by atoms with Crippen LogP contribution in [0.3, 0.4) is 0 Å². The Kier molecular flexibility index (Phi) is 5.81. The van der Waals surface area contributed by atoms with E-state index in [0.717, 1.165) is 54.6 Å². The van der Waals surface area contributed by atoms with Gasteiger partial charge in [0.25, 0.3) is 0 Å². The minimum Gasteiger partial charge on any atom is -0.454 e. The first kappa shape index (κ1) is 19.7. The van der Waals surface area contributed by atoms with Gasteiger partial charge in [-0.2, -0.15) is 0 Å². The molecule has 0 spiro atoms. The Hall–Kier alpha value is -2.26. The molecule has 1 saturated carbocycles. The molecule has 1 aromatic carbocycles. The molecule has 8 nitrogen and oxygen atoms in total. The largest absolute Gasteiger partial charge is 0.454 e.